The fraction of sp³-hybridized carbons (Fsp3) is 0.333. The topological polar surface area (TPSA) is 78.2 Å². The van der Waals surface area contributed by atoms with Crippen LogP contribution in [0.25, 0.3) is 0 Å². The first-order valence-corrected chi connectivity index (χ1v) is 7.58. The highest BCUT2D eigenvalue weighted by molar-refractivity contribution is 14.1. The third kappa shape index (κ3) is 3.42. The van der Waals surface area contributed by atoms with E-state index in [9.17, 15) is 10.1 Å². The molecule has 0 saturated carbocycles. The summed E-state index contributed by atoms with van der Waals surface area (Å²) in [4.78, 5) is 14.6. The van der Waals surface area contributed by atoms with Gasteiger partial charge in [-0.3, -0.25) is 10.1 Å². The first kappa shape index (κ1) is 15.1. The molecule has 0 fully saturated rings. The van der Waals surface area contributed by atoms with Crippen LogP contribution >= 0.6 is 34.1 Å². The van der Waals surface area contributed by atoms with Crippen molar-refractivity contribution in [2.45, 2.75) is 26.2 Å². The highest BCUT2D eigenvalue weighted by atomic mass is 127. The van der Waals surface area contributed by atoms with Gasteiger partial charge in [-0.2, -0.15) is 9.36 Å². The first-order valence-electron chi connectivity index (χ1n) is 5.73. The summed E-state index contributed by atoms with van der Waals surface area (Å²) in [7, 11) is 0. The van der Waals surface area contributed by atoms with Gasteiger partial charge in [0, 0.05) is 23.0 Å². The summed E-state index contributed by atoms with van der Waals surface area (Å²) in [6, 6.07) is 4.47. The van der Waals surface area contributed by atoms with Crippen molar-refractivity contribution >= 4 is 39.8 Å². The van der Waals surface area contributed by atoms with Gasteiger partial charge in [0.05, 0.1) is 14.6 Å². The maximum absolute atomic E-state index is 10.8. The van der Waals surface area contributed by atoms with E-state index in [0.29, 0.717) is 16.8 Å². The summed E-state index contributed by atoms with van der Waals surface area (Å²) in [5.41, 5.74) is -0.172. The minimum absolute atomic E-state index is 0.0130. The molecule has 6 nitrogen and oxygen atoms in total. The average Bonchev–Trinajstić information content (AvgIpc) is 2.80. The number of nitro groups is 1. The lowest BCUT2D eigenvalue weighted by molar-refractivity contribution is -0.384. The molecule has 0 radical (unpaired) electrons. The Labute approximate surface area is 133 Å². The Morgan fingerprint density at radius 2 is 2.10 bits per heavy atom. The van der Waals surface area contributed by atoms with Gasteiger partial charge < -0.3 is 4.74 Å². The van der Waals surface area contributed by atoms with Gasteiger partial charge in [-0.05, 0) is 28.7 Å². The van der Waals surface area contributed by atoms with E-state index in [0.717, 1.165) is 15.1 Å². The minimum atomic E-state index is -0.455. The van der Waals surface area contributed by atoms with Gasteiger partial charge in [0.25, 0.3) is 10.9 Å². The van der Waals surface area contributed by atoms with E-state index in [1.54, 1.807) is 6.07 Å². The van der Waals surface area contributed by atoms with Crippen molar-refractivity contribution in [1.82, 2.24) is 9.36 Å². The SMILES string of the molecule is CC(C)(C)c1nsc(Oc2cc([N+](=O)[O-])ccc2I)n1. The smallest absolute Gasteiger partial charge is 0.298 e. The predicted octanol–water partition coefficient (Wildman–Crippen LogP) is 4.14. The van der Waals surface area contributed by atoms with Crippen LogP contribution in [-0.2, 0) is 5.41 Å². The van der Waals surface area contributed by atoms with E-state index in [2.05, 4.69) is 31.9 Å². The number of hydrogen-bond acceptors (Lipinski definition) is 6. The van der Waals surface area contributed by atoms with Crippen molar-refractivity contribution in [3.05, 3.63) is 37.7 Å². The second-order valence-corrected chi connectivity index (χ2v) is 6.98. The number of aromatic nitrogens is 2. The van der Waals surface area contributed by atoms with E-state index < -0.39 is 4.92 Å². The van der Waals surface area contributed by atoms with Gasteiger partial charge in [0.2, 0.25) is 0 Å². The number of ether oxygens (including phenoxy) is 1. The first-order chi connectivity index (χ1) is 9.27. The molecule has 1 aromatic carbocycles. The van der Waals surface area contributed by atoms with Gasteiger partial charge >= 0.3 is 0 Å². The average molecular weight is 405 g/mol. The number of halogens is 1. The third-order valence-electron chi connectivity index (χ3n) is 2.40. The van der Waals surface area contributed by atoms with Crippen molar-refractivity contribution in [3.63, 3.8) is 0 Å². The quantitative estimate of drug-likeness (QED) is 0.436. The van der Waals surface area contributed by atoms with Crippen molar-refractivity contribution in [1.29, 1.82) is 0 Å². The lowest BCUT2D eigenvalue weighted by Crippen LogP contribution is -2.12. The molecule has 2 aromatic rings. The molecule has 1 heterocycles. The molecule has 1 aromatic heterocycles. The van der Waals surface area contributed by atoms with Crippen molar-refractivity contribution in [3.8, 4) is 10.9 Å². The molecule has 20 heavy (non-hydrogen) atoms. The van der Waals surface area contributed by atoms with Gasteiger partial charge in [0.15, 0.2) is 11.6 Å². The lowest BCUT2D eigenvalue weighted by atomic mass is 9.96. The summed E-state index contributed by atoms with van der Waals surface area (Å²) in [5, 5.41) is 11.2. The van der Waals surface area contributed by atoms with Gasteiger partial charge in [-0.1, -0.05) is 20.8 Å². The molecule has 0 saturated heterocycles. The van der Waals surface area contributed by atoms with Crippen LogP contribution < -0.4 is 4.74 Å². The molecule has 2 rings (SSSR count). The fourth-order valence-electron chi connectivity index (χ4n) is 1.33. The Bertz CT molecular complexity index is 652. The van der Waals surface area contributed by atoms with Crippen LogP contribution in [0, 0.1) is 13.7 Å². The van der Waals surface area contributed by atoms with E-state index in [1.807, 2.05) is 20.8 Å². The fourth-order valence-corrected chi connectivity index (χ4v) is 2.51. The van der Waals surface area contributed by atoms with Crippen LogP contribution in [0.4, 0.5) is 5.69 Å². The third-order valence-corrected chi connectivity index (χ3v) is 3.89. The van der Waals surface area contributed by atoms with E-state index in [4.69, 9.17) is 4.74 Å². The Hall–Kier alpha value is -1.29. The van der Waals surface area contributed by atoms with Crippen molar-refractivity contribution < 1.29 is 9.66 Å². The summed E-state index contributed by atoms with van der Waals surface area (Å²) < 4.78 is 10.6. The molecule has 0 spiro atoms. The molecule has 0 atom stereocenters. The molecule has 0 aliphatic rings. The summed E-state index contributed by atoms with van der Waals surface area (Å²) in [6.45, 7) is 6.03. The van der Waals surface area contributed by atoms with E-state index >= 15 is 0 Å². The number of benzene rings is 1. The zero-order chi connectivity index (χ0) is 14.9. The monoisotopic (exact) mass is 405 g/mol. The maximum Gasteiger partial charge on any atom is 0.298 e. The second-order valence-electron chi connectivity index (χ2n) is 5.11. The lowest BCUT2D eigenvalue weighted by Gasteiger charge is -2.12. The number of nitrogens with zero attached hydrogens (tertiary/aromatic N) is 3. The van der Waals surface area contributed by atoms with E-state index in [1.165, 1.54) is 12.1 Å². The molecular formula is C12H12IN3O3S. The molecular weight excluding hydrogens is 393 g/mol. The minimum Gasteiger partial charge on any atom is -0.428 e. The highest BCUT2D eigenvalue weighted by Gasteiger charge is 2.21. The van der Waals surface area contributed by atoms with Gasteiger partial charge in [0.1, 0.15) is 0 Å². The number of rotatable bonds is 3. The zero-order valence-corrected chi connectivity index (χ0v) is 14.1. The van der Waals surface area contributed by atoms with Crippen molar-refractivity contribution in [2.75, 3.05) is 0 Å². The number of hydrogen-bond donors (Lipinski definition) is 0. The van der Waals surface area contributed by atoms with Gasteiger partial charge in [-0.15, -0.1) is 0 Å². The number of nitro benzene ring substituents is 1. The number of non-ortho nitro benzene ring substituents is 1. The van der Waals surface area contributed by atoms with Crippen LogP contribution in [0.2, 0.25) is 0 Å². The van der Waals surface area contributed by atoms with Crippen molar-refractivity contribution in [2.24, 2.45) is 0 Å². The molecule has 0 aliphatic carbocycles. The molecule has 8 heteroatoms. The van der Waals surface area contributed by atoms with Crippen LogP contribution in [0.1, 0.15) is 26.6 Å². The Balaban J connectivity index is 2.28. The van der Waals surface area contributed by atoms with Gasteiger partial charge in [-0.25, -0.2) is 0 Å². The van der Waals surface area contributed by atoms with E-state index in [-0.39, 0.29) is 11.1 Å². The summed E-state index contributed by atoms with van der Waals surface area (Å²) >= 11 is 3.20. The molecule has 0 bridgehead atoms. The Morgan fingerprint density at radius 3 is 2.65 bits per heavy atom. The largest absolute Gasteiger partial charge is 0.428 e. The zero-order valence-electron chi connectivity index (χ0n) is 11.1. The maximum atomic E-state index is 10.8. The Kier molecular flexibility index (Phi) is 4.23. The molecule has 0 unspecified atom stereocenters. The Morgan fingerprint density at radius 1 is 1.40 bits per heavy atom. The summed E-state index contributed by atoms with van der Waals surface area (Å²) in [5.74, 6) is 1.11. The second kappa shape index (κ2) is 5.60. The molecule has 0 N–H and O–H groups in total. The standard InChI is InChI=1S/C12H12IN3O3S/c1-12(2,3)10-14-11(20-15-10)19-9-6-7(16(17)18)4-5-8(9)13/h4-6H,1-3H3. The molecule has 106 valence electrons. The van der Waals surface area contributed by atoms with Crippen LogP contribution in [0.5, 0.6) is 10.9 Å². The van der Waals surface area contributed by atoms with Crippen LogP contribution in [0.3, 0.4) is 0 Å². The van der Waals surface area contributed by atoms with Crippen LogP contribution in [-0.4, -0.2) is 14.3 Å². The summed E-state index contributed by atoms with van der Waals surface area (Å²) in [6.07, 6.45) is 0. The normalized spacial score (nSPS) is 11.4. The molecule has 0 amide bonds. The van der Waals surface area contributed by atoms with Crippen LogP contribution in [0.15, 0.2) is 18.2 Å². The molecule has 0 aliphatic heterocycles. The predicted molar refractivity (Wildman–Crippen MR) is 84.5 cm³/mol. The highest BCUT2D eigenvalue weighted by Crippen LogP contribution is 2.32.